The van der Waals surface area contributed by atoms with Crippen molar-refractivity contribution >= 4 is 35.2 Å². The Morgan fingerprint density at radius 3 is 2.46 bits per heavy atom. The molecule has 1 amide bonds. The van der Waals surface area contributed by atoms with Crippen molar-refractivity contribution in [2.24, 2.45) is 0 Å². The number of carbonyl (C=O) groups excluding carboxylic acids is 1. The molecule has 138 valence electrons. The van der Waals surface area contributed by atoms with Crippen molar-refractivity contribution in [3.63, 3.8) is 0 Å². The Kier molecular flexibility index (Phi) is 3.91. The number of rotatable bonds is 3. The van der Waals surface area contributed by atoms with Crippen LogP contribution >= 0.6 is 0 Å². The summed E-state index contributed by atoms with van der Waals surface area (Å²) >= 11 is 0. The van der Waals surface area contributed by atoms with Gasteiger partial charge in [-0.25, -0.2) is 4.98 Å². The molecule has 0 aliphatic carbocycles. The highest BCUT2D eigenvalue weighted by molar-refractivity contribution is 6.65. The minimum absolute atomic E-state index is 0.152. The predicted molar refractivity (Wildman–Crippen MR) is 99.6 cm³/mol. The second-order valence-corrected chi connectivity index (χ2v) is 8.04. The smallest absolute Gasteiger partial charge is 0.399 e. The summed E-state index contributed by atoms with van der Waals surface area (Å²) in [5.41, 5.74) is 1.09. The first-order chi connectivity index (χ1) is 12.2. The van der Waals surface area contributed by atoms with E-state index in [1.807, 2.05) is 33.8 Å². The number of anilines is 1. The molecule has 26 heavy (non-hydrogen) atoms. The summed E-state index contributed by atoms with van der Waals surface area (Å²) in [6.45, 7) is 11.0. The first kappa shape index (κ1) is 17.5. The molecule has 7 nitrogen and oxygen atoms in total. The molecule has 4 heterocycles. The van der Waals surface area contributed by atoms with Gasteiger partial charge in [0.2, 0.25) is 5.91 Å². The lowest BCUT2D eigenvalue weighted by Crippen LogP contribution is -2.41. The van der Waals surface area contributed by atoms with Crippen LogP contribution in [-0.2, 0) is 18.8 Å². The van der Waals surface area contributed by atoms with Crippen LogP contribution in [-0.4, -0.2) is 47.0 Å². The SMILES string of the molecule is CC(=O)Nc1cc2c(B3OC(C)(C)C(C)(C)O3)cn(C3COC3)c2cn1. The fourth-order valence-corrected chi connectivity index (χ4v) is 3.27. The predicted octanol–water partition coefficient (Wildman–Crippen LogP) is 1.87. The van der Waals surface area contributed by atoms with Crippen molar-refractivity contribution in [1.82, 2.24) is 9.55 Å². The number of hydrogen-bond acceptors (Lipinski definition) is 5. The quantitative estimate of drug-likeness (QED) is 0.849. The van der Waals surface area contributed by atoms with Gasteiger partial charge in [0.05, 0.1) is 42.2 Å². The molecular formula is C18H24BN3O4. The summed E-state index contributed by atoms with van der Waals surface area (Å²) in [5.74, 6) is 0.367. The molecule has 2 aromatic rings. The van der Waals surface area contributed by atoms with Gasteiger partial charge in [-0.05, 0) is 33.8 Å². The third-order valence-corrected chi connectivity index (χ3v) is 5.58. The van der Waals surface area contributed by atoms with Gasteiger partial charge in [0.25, 0.3) is 0 Å². The molecule has 1 N–H and O–H groups in total. The first-order valence-corrected chi connectivity index (χ1v) is 8.89. The minimum Gasteiger partial charge on any atom is -0.399 e. The number of pyridine rings is 1. The summed E-state index contributed by atoms with van der Waals surface area (Å²) in [6, 6.07) is 2.16. The minimum atomic E-state index is -0.475. The van der Waals surface area contributed by atoms with Crippen LogP contribution in [0.25, 0.3) is 10.9 Å². The fourth-order valence-electron chi connectivity index (χ4n) is 3.27. The molecule has 4 rings (SSSR count). The van der Waals surface area contributed by atoms with Crippen LogP contribution in [0.2, 0.25) is 0 Å². The van der Waals surface area contributed by atoms with Gasteiger partial charge < -0.3 is 23.9 Å². The molecule has 2 fully saturated rings. The number of ether oxygens (including phenoxy) is 1. The Hall–Kier alpha value is -1.90. The van der Waals surface area contributed by atoms with Crippen LogP contribution in [0.15, 0.2) is 18.5 Å². The first-order valence-electron chi connectivity index (χ1n) is 8.89. The molecule has 0 saturated carbocycles. The normalized spacial score (nSPS) is 21.8. The Labute approximate surface area is 153 Å². The Bertz CT molecular complexity index is 857. The van der Waals surface area contributed by atoms with Crippen LogP contribution in [0.1, 0.15) is 40.7 Å². The van der Waals surface area contributed by atoms with Gasteiger partial charge in [-0.15, -0.1) is 0 Å². The summed E-state index contributed by atoms with van der Waals surface area (Å²) in [6.07, 6.45) is 3.85. The molecule has 0 unspecified atom stereocenters. The number of fused-ring (bicyclic) bond motifs is 1. The van der Waals surface area contributed by atoms with Crippen molar-refractivity contribution in [3.05, 3.63) is 18.5 Å². The van der Waals surface area contributed by atoms with E-state index in [4.69, 9.17) is 14.0 Å². The van der Waals surface area contributed by atoms with E-state index in [-0.39, 0.29) is 11.9 Å². The third kappa shape index (κ3) is 2.73. The van der Waals surface area contributed by atoms with Gasteiger partial charge in [-0.3, -0.25) is 4.79 Å². The fraction of sp³-hybridized carbons (Fsp3) is 0.556. The summed E-state index contributed by atoms with van der Waals surface area (Å²) in [7, 11) is -0.475. The van der Waals surface area contributed by atoms with E-state index >= 15 is 0 Å². The van der Waals surface area contributed by atoms with E-state index in [1.165, 1.54) is 6.92 Å². The second kappa shape index (κ2) is 5.80. The molecular weight excluding hydrogens is 333 g/mol. The number of carbonyl (C=O) groups is 1. The van der Waals surface area contributed by atoms with Crippen LogP contribution in [0.5, 0.6) is 0 Å². The summed E-state index contributed by atoms with van der Waals surface area (Å²) < 4.78 is 20.0. The lowest BCUT2D eigenvalue weighted by Gasteiger charge is -2.32. The van der Waals surface area contributed by atoms with Gasteiger partial charge in [0.1, 0.15) is 5.82 Å². The standard InChI is InChI=1S/C18H24BN3O4/c1-11(23)21-16-6-13-14(19-25-17(2,3)18(4,5)26-19)8-22(12-9-24-10-12)15(13)7-20-16/h6-8,12H,9-10H2,1-5H3,(H,20,21,23). The Morgan fingerprint density at radius 2 is 1.92 bits per heavy atom. The number of amides is 1. The van der Waals surface area contributed by atoms with Gasteiger partial charge in [-0.2, -0.15) is 0 Å². The zero-order chi connectivity index (χ0) is 18.7. The van der Waals surface area contributed by atoms with E-state index in [2.05, 4.69) is 21.1 Å². The molecule has 0 atom stereocenters. The number of aromatic nitrogens is 2. The van der Waals surface area contributed by atoms with Crippen LogP contribution < -0.4 is 10.8 Å². The largest absolute Gasteiger partial charge is 0.497 e. The maximum atomic E-state index is 11.4. The molecule has 2 aromatic heterocycles. The molecule has 0 bridgehead atoms. The highest BCUT2D eigenvalue weighted by atomic mass is 16.7. The van der Waals surface area contributed by atoms with Gasteiger partial charge >= 0.3 is 7.12 Å². The lowest BCUT2D eigenvalue weighted by molar-refractivity contribution is -0.114. The Morgan fingerprint density at radius 1 is 1.27 bits per heavy atom. The summed E-state index contributed by atoms with van der Waals surface area (Å²) in [4.78, 5) is 15.8. The third-order valence-electron chi connectivity index (χ3n) is 5.58. The lowest BCUT2D eigenvalue weighted by atomic mass is 9.79. The van der Waals surface area contributed by atoms with Crippen molar-refractivity contribution < 1.29 is 18.8 Å². The second-order valence-electron chi connectivity index (χ2n) is 8.04. The molecule has 2 aliphatic heterocycles. The van der Waals surface area contributed by atoms with E-state index in [9.17, 15) is 4.79 Å². The molecule has 2 saturated heterocycles. The van der Waals surface area contributed by atoms with E-state index in [1.54, 1.807) is 6.20 Å². The highest BCUT2D eigenvalue weighted by Crippen LogP contribution is 2.37. The highest BCUT2D eigenvalue weighted by Gasteiger charge is 2.52. The van der Waals surface area contributed by atoms with Crippen LogP contribution in [0.3, 0.4) is 0 Å². The van der Waals surface area contributed by atoms with Gasteiger partial charge in [0.15, 0.2) is 0 Å². The van der Waals surface area contributed by atoms with E-state index in [0.29, 0.717) is 19.0 Å². The average molecular weight is 357 g/mol. The number of hydrogen-bond donors (Lipinski definition) is 1. The molecule has 0 spiro atoms. The molecule has 2 aliphatic rings. The van der Waals surface area contributed by atoms with E-state index in [0.717, 1.165) is 16.4 Å². The zero-order valence-corrected chi connectivity index (χ0v) is 15.8. The Balaban J connectivity index is 1.81. The average Bonchev–Trinajstić information content (AvgIpc) is 2.92. The number of nitrogens with zero attached hydrogens (tertiary/aromatic N) is 2. The maximum absolute atomic E-state index is 11.4. The molecule has 8 heteroatoms. The molecule has 0 radical (unpaired) electrons. The van der Waals surface area contributed by atoms with Gasteiger partial charge in [-0.1, -0.05) is 0 Å². The van der Waals surface area contributed by atoms with Gasteiger partial charge in [0, 0.05) is 24.0 Å². The monoisotopic (exact) mass is 357 g/mol. The summed E-state index contributed by atoms with van der Waals surface area (Å²) in [5, 5.41) is 3.71. The van der Waals surface area contributed by atoms with Crippen molar-refractivity contribution in [2.45, 2.75) is 51.9 Å². The number of nitrogens with one attached hydrogen (secondary N) is 1. The molecule has 0 aromatic carbocycles. The van der Waals surface area contributed by atoms with Crippen molar-refractivity contribution in [1.29, 1.82) is 0 Å². The van der Waals surface area contributed by atoms with Crippen LogP contribution in [0.4, 0.5) is 5.82 Å². The van der Waals surface area contributed by atoms with E-state index < -0.39 is 18.3 Å². The maximum Gasteiger partial charge on any atom is 0.497 e. The topological polar surface area (TPSA) is 74.6 Å². The zero-order valence-electron chi connectivity index (χ0n) is 15.8. The van der Waals surface area contributed by atoms with Crippen LogP contribution in [0, 0.1) is 0 Å². The van der Waals surface area contributed by atoms with Crippen molar-refractivity contribution in [2.75, 3.05) is 18.5 Å². The van der Waals surface area contributed by atoms with Crippen molar-refractivity contribution in [3.8, 4) is 0 Å².